The summed E-state index contributed by atoms with van der Waals surface area (Å²) < 4.78 is 76.8. The Labute approximate surface area is 161 Å². The number of esters is 1. The van der Waals surface area contributed by atoms with Gasteiger partial charge in [-0.1, -0.05) is 0 Å². The lowest BCUT2D eigenvalue weighted by molar-refractivity contribution is -0.259. The molecule has 11 heteroatoms. The van der Waals surface area contributed by atoms with Gasteiger partial charge in [-0.05, 0) is 55.5 Å². The Hall–Kier alpha value is -3.37. The maximum atomic E-state index is 13.9. The molecule has 6 nitrogen and oxygen atoms in total. The predicted octanol–water partition coefficient (Wildman–Crippen LogP) is 3.99. The summed E-state index contributed by atoms with van der Waals surface area (Å²) in [7, 11) is 0. The molecule has 2 N–H and O–H groups in total. The van der Waals surface area contributed by atoms with Crippen LogP contribution >= 0.6 is 0 Å². The predicted molar refractivity (Wildman–Crippen MR) is 91.0 cm³/mol. The van der Waals surface area contributed by atoms with Crippen molar-refractivity contribution in [2.24, 2.45) is 0 Å². The molecule has 2 aromatic rings. The van der Waals surface area contributed by atoms with Gasteiger partial charge in [0.05, 0.1) is 6.61 Å². The van der Waals surface area contributed by atoms with Crippen LogP contribution in [0.3, 0.4) is 0 Å². The van der Waals surface area contributed by atoms with Crippen molar-refractivity contribution >= 4 is 17.7 Å². The number of hydrogen-bond donors (Lipinski definition) is 2. The van der Waals surface area contributed by atoms with Crippen molar-refractivity contribution in [3.05, 3.63) is 60.2 Å². The second-order valence-corrected chi connectivity index (χ2v) is 5.54. The van der Waals surface area contributed by atoms with E-state index >= 15 is 0 Å². The molecule has 0 aliphatic heterocycles. The van der Waals surface area contributed by atoms with E-state index in [2.05, 4.69) is 4.74 Å². The van der Waals surface area contributed by atoms with E-state index in [0.29, 0.717) is 0 Å². The number of carbonyl (C=O) groups excluding carboxylic acids is 2. The molecule has 0 radical (unpaired) electrons. The van der Waals surface area contributed by atoms with Crippen LogP contribution < -0.4 is 15.4 Å². The normalized spacial score (nSPS) is 13.2. The number of halogens is 5. The molecule has 156 valence electrons. The molecule has 0 heterocycles. The molecule has 0 saturated heterocycles. The third-order valence-corrected chi connectivity index (χ3v) is 3.44. The van der Waals surface area contributed by atoms with E-state index in [4.69, 9.17) is 4.74 Å². The Bertz CT molecular complexity index is 856. The van der Waals surface area contributed by atoms with Crippen LogP contribution in [0.1, 0.15) is 6.92 Å². The minimum absolute atomic E-state index is 0.0504. The molecule has 0 unspecified atom stereocenters. The Morgan fingerprint density at radius 3 is 1.93 bits per heavy atom. The average molecular weight is 418 g/mol. The van der Waals surface area contributed by atoms with Crippen molar-refractivity contribution in [1.82, 2.24) is 5.32 Å². The lowest BCUT2D eigenvalue weighted by Crippen LogP contribution is -2.69. The molecule has 0 bridgehead atoms. The highest BCUT2D eigenvalue weighted by Crippen LogP contribution is 2.34. The van der Waals surface area contributed by atoms with Crippen molar-refractivity contribution in [3.8, 4) is 5.75 Å². The minimum atomic E-state index is -5.46. The smallest absolute Gasteiger partial charge is 0.460 e. The summed E-state index contributed by atoms with van der Waals surface area (Å²) >= 11 is 0. The van der Waals surface area contributed by atoms with Crippen molar-refractivity contribution in [1.29, 1.82) is 0 Å². The number of amides is 2. The van der Waals surface area contributed by atoms with Gasteiger partial charge >= 0.3 is 23.9 Å². The lowest BCUT2D eigenvalue weighted by Gasteiger charge is -2.33. The molecule has 0 aromatic heterocycles. The van der Waals surface area contributed by atoms with Crippen LogP contribution in [0.2, 0.25) is 0 Å². The summed E-state index contributed by atoms with van der Waals surface area (Å²) in [6, 6.07) is 5.93. The van der Waals surface area contributed by atoms with Crippen molar-refractivity contribution < 1.29 is 41.0 Å². The third-order valence-electron chi connectivity index (χ3n) is 3.44. The zero-order chi connectivity index (χ0) is 21.7. The molecule has 0 aliphatic carbocycles. The molecule has 0 aliphatic rings. The van der Waals surface area contributed by atoms with Crippen LogP contribution in [0.4, 0.5) is 32.4 Å². The molecule has 2 rings (SSSR count). The summed E-state index contributed by atoms with van der Waals surface area (Å²) in [6.07, 6.45) is -5.46. The Morgan fingerprint density at radius 1 is 0.931 bits per heavy atom. The number of ether oxygens (including phenoxy) is 2. The van der Waals surface area contributed by atoms with Gasteiger partial charge in [0.1, 0.15) is 17.4 Å². The molecule has 29 heavy (non-hydrogen) atoms. The van der Waals surface area contributed by atoms with Gasteiger partial charge in [-0.25, -0.2) is 18.4 Å². The molecule has 1 atom stereocenters. The highest BCUT2D eigenvalue weighted by Gasteiger charge is 2.66. The second-order valence-electron chi connectivity index (χ2n) is 5.54. The van der Waals surface area contributed by atoms with Gasteiger partial charge in [0.15, 0.2) is 0 Å². The zero-order valence-corrected chi connectivity index (χ0v) is 14.8. The van der Waals surface area contributed by atoms with Crippen LogP contribution in [0.25, 0.3) is 0 Å². The number of benzene rings is 2. The van der Waals surface area contributed by atoms with E-state index in [1.54, 1.807) is 0 Å². The monoisotopic (exact) mass is 418 g/mol. The molecule has 0 fully saturated rings. The largest absolute Gasteiger partial charge is 0.461 e. The fourth-order valence-electron chi connectivity index (χ4n) is 2.13. The number of nitrogens with one attached hydrogen (secondary N) is 2. The molecular formula is C18H15F5N2O4. The Balaban J connectivity index is 2.37. The third kappa shape index (κ3) is 5.33. The van der Waals surface area contributed by atoms with Crippen molar-refractivity contribution in [2.75, 3.05) is 11.9 Å². The molecule has 0 saturated carbocycles. The molecule has 0 spiro atoms. The van der Waals surface area contributed by atoms with Crippen LogP contribution in [0.5, 0.6) is 5.75 Å². The van der Waals surface area contributed by atoms with Gasteiger partial charge in [0.2, 0.25) is 0 Å². The number of carbonyl (C=O) groups is 2. The number of urea groups is 1. The van der Waals surface area contributed by atoms with Crippen molar-refractivity contribution in [2.45, 2.75) is 18.8 Å². The average Bonchev–Trinajstić information content (AvgIpc) is 2.64. The second kappa shape index (κ2) is 8.76. The van der Waals surface area contributed by atoms with E-state index in [0.717, 1.165) is 48.5 Å². The summed E-state index contributed by atoms with van der Waals surface area (Å²) in [5.41, 5.74) is -3.98. The summed E-state index contributed by atoms with van der Waals surface area (Å²) in [6.45, 7) is 0.820. The van der Waals surface area contributed by atoms with E-state index in [-0.39, 0.29) is 5.69 Å². The first-order valence-electron chi connectivity index (χ1n) is 8.10. The van der Waals surface area contributed by atoms with Gasteiger partial charge in [-0.3, -0.25) is 5.32 Å². The van der Waals surface area contributed by atoms with Gasteiger partial charge in [0.25, 0.3) is 0 Å². The molecular weight excluding hydrogens is 403 g/mol. The standard InChI is InChI=1S/C18H15F5N2O4/c1-2-28-15(26)17(18(21,22)23,29-14-9-5-12(20)6-10-14)25-16(27)24-13-7-3-11(19)4-8-13/h3-10H,2H2,1H3,(H2,24,25,27)/t17-/m0/s1. The van der Waals surface area contributed by atoms with E-state index < -0.39 is 47.9 Å². The van der Waals surface area contributed by atoms with Gasteiger partial charge in [0, 0.05) is 5.69 Å². The zero-order valence-electron chi connectivity index (χ0n) is 14.8. The van der Waals surface area contributed by atoms with Gasteiger partial charge < -0.3 is 14.8 Å². The summed E-state index contributed by atoms with van der Waals surface area (Å²) in [5.74, 6) is -3.88. The van der Waals surface area contributed by atoms with Crippen LogP contribution in [0.15, 0.2) is 48.5 Å². The van der Waals surface area contributed by atoms with E-state index in [9.17, 15) is 31.5 Å². The number of rotatable bonds is 6. The number of hydrogen-bond acceptors (Lipinski definition) is 4. The van der Waals surface area contributed by atoms with Gasteiger partial charge in [-0.2, -0.15) is 13.2 Å². The van der Waals surface area contributed by atoms with Crippen LogP contribution in [-0.4, -0.2) is 30.5 Å². The molecule has 2 amide bonds. The number of alkyl halides is 3. The first-order chi connectivity index (χ1) is 13.6. The summed E-state index contributed by atoms with van der Waals surface area (Å²) in [4.78, 5) is 24.3. The minimum Gasteiger partial charge on any atom is -0.461 e. The maximum Gasteiger partial charge on any atom is 0.460 e. The Morgan fingerprint density at radius 2 is 1.45 bits per heavy atom. The first kappa shape index (κ1) is 21.9. The fraction of sp³-hybridized carbons (Fsp3) is 0.222. The summed E-state index contributed by atoms with van der Waals surface area (Å²) in [5, 5.41) is 3.45. The van der Waals surface area contributed by atoms with Gasteiger partial charge in [-0.15, -0.1) is 0 Å². The molecule has 2 aromatic carbocycles. The topological polar surface area (TPSA) is 76.7 Å². The highest BCUT2D eigenvalue weighted by atomic mass is 19.4. The first-order valence-corrected chi connectivity index (χ1v) is 8.10. The van der Waals surface area contributed by atoms with Crippen LogP contribution in [-0.2, 0) is 9.53 Å². The number of anilines is 1. The lowest BCUT2D eigenvalue weighted by atomic mass is 10.2. The highest BCUT2D eigenvalue weighted by molar-refractivity contribution is 5.94. The van der Waals surface area contributed by atoms with Crippen molar-refractivity contribution in [3.63, 3.8) is 0 Å². The SMILES string of the molecule is CCOC(=O)[C@](NC(=O)Nc1ccc(F)cc1)(Oc1ccc(F)cc1)C(F)(F)F. The fourth-order valence-corrected chi connectivity index (χ4v) is 2.13. The van der Waals surface area contributed by atoms with E-state index in [1.165, 1.54) is 12.2 Å². The van der Waals surface area contributed by atoms with Crippen LogP contribution in [0, 0.1) is 11.6 Å². The quantitative estimate of drug-likeness (QED) is 0.423. The maximum absolute atomic E-state index is 13.9. The Kier molecular flexibility index (Phi) is 6.62. The van der Waals surface area contributed by atoms with E-state index in [1.807, 2.05) is 5.32 Å².